The van der Waals surface area contributed by atoms with Crippen LogP contribution in [0.5, 0.6) is 0 Å². The molecule has 72 valence electrons. The fourth-order valence-electron chi connectivity index (χ4n) is 0.707. The van der Waals surface area contributed by atoms with Crippen LogP contribution in [0.25, 0.3) is 0 Å². The summed E-state index contributed by atoms with van der Waals surface area (Å²) in [6.45, 7) is 6.26. The van der Waals surface area contributed by atoms with Gasteiger partial charge in [0.15, 0.2) is 0 Å². The quantitative estimate of drug-likeness (QED) is 0.648. The zero-order chi connectivity index (χ0) is 9.72. The van der Waals surface area contributed by atoms with Crippen molar-refractivity contribution in [3.05, 3.63) is 0 Å². The van der Waals surface area contributed by atoms with Crippen molar-refractivity contribution < 1.29 is 4.79 Å². The van der Waals surface area contributed by atoms with E-state index in [4.69, 9.17) is 5.73 Å². The second-order valence-corrected chi connectivity index (χ2v) is 3.30. The molecule has 0 saturated heterocycles. The summed E-state index contributed by atoms with van der Waals surface area (Å²) in [5, 5.41) is 2.79. The van der Waals surface area contributed by atoms with Crippen LogP contribution in [0, 0.1) is 0 Å². The first kappa shape index (κ1) is 11.2. The van der Waals surface area contributed by atoms with E-state index >= 15 is 0 Å². The van der Waals surface area contributed by atoms with Crippen LogP contribution in [0.2, 0.25) is 0 Å². The molecular formula is C8H19N3O. The summed E-state index contributed by atoms with van der Waals surface area (Å²) in [6, 6.07) is 0.191. The normalized spacial score (nSPS) is 12.8. The summed E-state index contributed by atoms with van der Waals surface area (Å²) >= 11 is 0. The number of amides is 2. The van der Waals surface area contributed by atoms with Crippen molar-refractivity contribution in [2.24, 2.45) is 5.73 Å². The third-order valence-electron chi connectivity index (χ3n) is 1.73. The van der Waals surface area contributed by atoms with E-state index < -0.39 is 0 Å². The average Bonchev–Trinajstić information content (AvgIpc) is 2.00. The summed E-state index contributed by atoms with van der Waals surface area (Å²) in [6.07, 6.45) is 0. The van der Waals surface area contributed by atoms with Gasteiger partial charge in [-0.15, -0.1) is 0 Å². The van der Waals surface area contributed by atoms with Crippen LogP contribution < -0.4 is 11.1 Å². The summed E-state index contributed by atoms with van der Waals surface area (Å²) in [5.74, 6) is 0. The molecule has 0 aromatic heterocycles. The Labute approximate surface area is 74.1 Å². The highest BCUT2D eigenvalue weighted by atomic mass is 16.2. The number of carbonyl (C=O) groups is 1. The Morgan fingerprint density at radius 2 is 2.00 bits per heavy atom. The van der Waals surface area contributed by atoms with Crippen LogP contribution >= 0.6 is 0 Å². The lowest BCUT2D eigenvalue weighted by atomic mass is 10.3. The van der Waals surface area contributed by atoms with Crippen LogP contribution in [0.1, 0.15) is 20.8 Å². The zero-order valence-corrected chi connectivity index (χ0v) is 8.29. The lowest BCUT2D eigenvalue weighted by molar-refractivity contribution is 0.193. The van der Waals surface area contributed by atoms with Crippen molar-refractivity contribution >= 4 is 6.03 Å². The number of urea groups is 1. The Morgan fingerprint density at radius 3 is 2.33 bits per heavy atom. The largest absolute Gasteiger partial charge is 0.336 e. The van der Waals surface area contributed by atoms with Gasteiger partial charge in [-0.05, 0) is 20.8 Å². The van der Waals surface area contributed by atoms with E-state index in [0.717, 1.165) is 0 Å². The Hall–Kier alpha value is -0.770. The Kier molecular flexibility index (Phi) is 4.66. The van der Waals surface area contributed by atoms with Gasteiger partial charge in [0, 0.05) is 25.7 Å². The van der Waals surface area contributed by atoms with E-state index in [1.165, 1.54) is 0 Å². The molecule has 1 atom stereocenters. The first-order valence-corrected chi connectivity index (χ1v) is 4.22. The number of hydrogen-bond donors (Lipinski definition) is 2. The number of nitrogens with one attached hydrogen (secondary N) is 1. The number of rotatable bonds is 3. The minimum atomic E-state index is -0.0667. The Balaban J connectivity index is 3.92. The molecule has 4 heteroatoms. The van der Waals surface area contributed by atoms with Gasteiger partial charge in [-0.25, -0.2) is 4.79 Å². The van der Waals surface area contributed by atoms with Crippen molar-refractivity contribution in [1.82, 2.24) is 10.2 Å². The lowest BCUT2D eigenvalue weighted by Gasteiger charge is -2.24. The summed E-state index contributed by atoms with van der Waals surface area (Å²) in [7, 11) is 1.75. The molecule has 0 saturated carbocycles. The van der Waals surface area contributed by atoms with Crippen LogP contribution in [-0.2, 0) is 0 Å². The maximum Gasteiger partial charge on any atom is 0.317 e. The van der Waals surface area contributed by atoms with Gasteiger partial charge >= 0.3 is 6.03 Å². The molecule has 0 heterocycles. The molecule has 0 aromatic carbocycles. The van der Waals surface area contributed by atoms with Crippen molar-refractivity contribution in [3.63, 3.8) is 0 Å². The van der Waals surface area contributed by atoms with E-state index in [0.29, 0.717) is 6.54 Å². The number of nitrogens with two attached hydrogens (primary N) is 1. The minimum Gasteiger partial charge on any atom is -0.336 e. The highest BCUT2D eigenvalue weighted by molar-refractivity contribution is 5.74. The van der Waals surface area contributed by atoms with Gasteiger partial charge in [0.1, 0.15) is 0 Å². The fourth-order valence-corrected chi connectivity index (χ4v) is 0.707. The van der Waals surface area contributed by atoms with Crippen LogP contribution in [0.4, 0.5) is 4.79 Å². The summed E-state index contributed by atoms with van der Waals surface area (Å²) in [4.78, 5) is 12.9. The monoisotopic (exact) mass is 173 g/mol. The molecule has 12 heavy (non-hydrogen) atoms. The molecule has 0 aliphatic heterocycles. The Bertz CT molecular complexity index is 147. The van der Waals surface area contributed by atoms with Crippen molar-refractivity contribution in [2.45, 2.75) is 32.9 Å². The smallest absolute Gasteiger partial charge is 0.317 e. The average molecular weight is 173 g/mol. The van der Waals surface area contributed by atoms with Gasteiger partial charge in [0.25, 0.3) is 0 Å². The summed E-state index contributed by atoms with van der Waals surface area (Å²) < 4.78 is 0. The van der Waals surface area contributed by atoms with E-state index in [9.17, 15) is 4.79 Å². The van der Waals surface area contributed by atoms with Crippen molar-refractivity contribution in [3.8, 4) is 0 Å². The topological polar surface area (TPSA) is 58.4 Å². The molecule has 0 rings (SSSR count). The molecule has 0 fully saturated rings. The predicted molar refractivity (Wildman–Crippen MR) is 49.9 cm³/mol. The molecule has 0 radical (unpaired) electrons. The highest BCUT2D eigenvalue weighted by Gasteiger charge is 2.13. The maximum atomic E-state index is 11.3. The predicted octanol–water partition coefficient (Wildman–Crippen LogP) is 0.383. The highest BCUT2D eigenvalue weighted by Crippen LogP contribution is 1.94. The molecule has 0 bridgehead atoms. The van der Waals surface area contributed by atoms with E-state index in [1.807, 2.05) is 20.8 Å². The van der Waals surface area contributed by atoms with Crippen LogP contribution in [0.15, 0.2) is 0 Å². The molecule has 0 aromatic rings. The van der Waals surface area contributed by atoms with Gasteiger partial charge in [-0.3, -0.25) is 0 Å². The number of likely N-dealkylation sites (N-methyl/N-ethyl adjacent to an activating group) is 1. The molecule has 3 N–H and O–H groups in total. The SMILES string of the molecule is CC(C)NC(=O)N(C)C(C)CN. The number of nitrogens with zero attached hydrogens (tertiary/aromatic N) is 1. The fraction of sp³-hybridized carbons (Fsp3) is 0.875. The maximum absolute atomic E-state index is 11.3. The number of carbonyl (C=O) groups excluding carboxylic acids is 1. The molecule has 0 aliphatic carbocycles. The van der Waals surface area contributed by atoms with Crippen LogP contribution in [0.3, 0.4) is 0 Å². The van der Waals surface area contributed by atoms with Crippen molar-refractivity contribution in [1.29, 1.82) is 0 Å². The first-order valence-electron chi connectivity index (χ1n) is 4.22. The third-order valence-corrected chi connectivity index (χ3v) is 1.73. The van der Waals surface area contributed by atoms with Gasteiger partial charge in [0.05, 0.1) is 0 Å². The van der Waals surface area contributed by atoms with Crippen LogP contribution in [-0.4, -0.2) is 36.6 Å². The Morgan fingerprint density at radius 1 is 1.50 bits per heavy atom. The van der Waals surface area contributed by atoms with E-state index in [1.54, 1.807) is 11.9 Å². The van der Waals surface area contributed by atoms with Gasteiger partial charge in [0.2, 0.25) is 0 Å². The summed E-state index contributed by atoms with van der Waals surface area (Å²) in [5.41, 5.74) is 5.42. The van der Waals surface area contributed by atoms with E-state index in [-0.39, 0.29) is 18.1 Å². The first-order chi connectivity index (χ1) is 5.49. The standard InChI is InChI=1S/C8H19N3O/c1-6(2)10-8(12)11(4)7(3)5-9/h6-7H,5,9H2,1-4H3,(H,10,12). The van der Waals surface area contributed by atoms with E-state index in [2.05, 4.69) is 5.32 Å². The van der Waals surface area contributed by atoms with Crippen molar-refractivity contribution in [2.75, 3.05) is 13.6 Å². The molecule has 4 nitrogen and oxygen atoms in total. The van der Waals surface area contributed by atoms with Gasteiger partial charge < -0.3 is 16.0 Å². The molecule has 2 amide bonds. The number of hydrogen-bond acceptors (Lipinski definition) is 2. The van der Waals surface area contributed by atoms with Gasteiger partial charge in [-0.1, -0.05) is 0 Å². The minimum absolute atomic E-state index is 0.0667. The molecular weight excluding hydrogens is 154 g/mol. The molecule has 1 unspecified atom stereocenters. The van der Waals surface area contributed by atoms with Gasteiger partial charge in [-0.2, -0.15) is 0 Å². The lowest BCUT2D eigenvalue weighted by Crippen LogP contribution is -2.47. The molecule has 0 spiro atoms. The third kappa shape index (κ3) is 3.57. The zero-order valence-electron chi connectivity index (χ0n) is 8.29. The second-order valence-electron chi connectivity index (χ2n) is 3.30. The second kappa shape index (κ2) is 4.98. The molecule has 0 aliphatic rings.